The molecule has 0 radical (unpaired) electrons. The third kappa shape index (κ3) is 4.17. The van der Waals surface area contributed by atoms with Crippen LogP contribution in [-0.2, 0) is 14.9 Å². The molecule has 1 aliphatic heterocycles. The summed E-state index contributed by atoms with van der Waals surface area (Å²) in [4.78, 5) is 17.2. The Morgan fingerprint density at radius 1 is 1.30 bits per heavy atom. The molecule has 126 valence electrons. The first kappa shape index (κ1) is 17.2. The summed E-state index contributed by atoms with van der Waals surface area (Å²) in [5, 5.41) is 14.9. The number of nitrogens with zero attached hydrogens (tertiary/aromatic N) is 4. The molecule has 0 amide bonds. The average molecular weight is 342 g/mol. The Labute approximate surface area is 134 Å². The maximum Gasteiger partial charge on any atom is 0.293 e. The highest BCUT2D eigenvalue weighted by Gasteiger charge is 2.27. The zero-order valence-corrected chi connectivity index (χ0v) is 13.7. The highest BCUT2D eigenvalue weighted by atomic mass is 32.2. The van der Waals surface area contributed by atoms with Gasteiger partial charge in [-0.3, -0.25) is 10.1 Å². The second-order valence-electron chi connectivity index (χ2n) is 5.07. The molecule has 1 aliphatic rings. The van der Waals surface area contributed by atoms with Crippen LogP contribution in [0.4, 0.5) is 11.4 Å². The fraction of sp³-hybridized carbons (Fsp3) is 0.462. The van der Waals surface area contributed by atoms with Gasteiger partial charge in [0.15, 0.2) is 0 Å². The molecule has 1 heterocycles. The van der Waals surface area contributed by atoms with Crippen molar-refractivity contribution >= 4 is 27.6 Å². The lowest BCUT2D eigenvalue weighted by Crippen LogP contribution is -2.48. The van der Waals surface area contributed by atoms with Crippen molar-refractivity contribution in [2.45, 2.75) is 0 Å². The van der Waals surface area contributed by atoms with Crippen LogP contribution in [-0.4, -0.2) is 63.4 Å². The maximum absolute atomic E-state index is 11.5. The zero-order valence-electron chi connectivity index (χ0n) is 12.9. The van der Waals surface area contributed by atoms with Gasteiger partial charge in [0.1, 0.15) is 12.8 Å². The van der Waals surface area contributed by atoms with Crippen LogP contribution in [0.2, 0.25) is 0 Å². The van der Waals surface area contributed by atoms with E-state index in [1.807, 2.05) is 4.90 Å². The molecule has 1 aromatic rings. The van der Waals surface area contributed by atoms with Crippen LogP contribution in [0.15, 0.2) is 23.4 Å². The van der Waals surface area contributed by atoms with E-state index in [1.165, 1.54) is 23.7 Å². The number of nitro benzene ring substituents is 1. The highest BCUT2D eigenvalue weighted by Crippen LogP contribution is 2.30. The zero-order chi connectivity index (χ0) is 17.0. The van der Waals surface area contributed by atoms with E-state index in [9.17, 15) is 18.5 Å². The topological polar surface area (TPSA) is 105 Å². The average Bonchev–Trinajstić information content (AvgIpc) is 2.52. The molecule has 0 saturated carbocycles. The lowest BCUT2D eigenvalue weighted by Gasteiger charge is -2.34. The summed E-state index contributed by atoms with van der Waals surface area (Å²) >= 11 is 0. The second kappa shape index (κ2) is 6.92. The fourth-order valence-electron chi connectivity index (χ4n) is 2.41. The van der Waals surface area contributed by atoms with Crippen LogP contribution in [0.5, 0.6) is 0 Å². The summed E-state index contributed by atoms with van der Waals surface area (Å²) in [5.74, 6) is 0. The summed E-state index contributed by atoms with van der Waals surface area (Å²) in [7, 11) is -1.84. The molecule has 1 fully saturated rings. The van der Waals surface area contributed by atoms with E-state index in [2.05, 4.69) is 9.99 Å². The van der Waals surface area contributed by atoms with E-state index >= 15 is 0 Å². The summed E-state index contributed by atoms with van der Waals surface area (Å²) < 4.78 is 24.4. The summed E-state index contributed by atoms with van der Waals surface area (Å²) in [6, 6.07) is 4.76. The van der Waals surface area contributed by atoms with Crippen molar-refractivity contribution in [3.63, 3.8) is 0 Å². The quantitative estimate of drug-likeness (QED) is 0.442. The van der Waals surface area contributed by atoms with E-state index in [0.717, 1.165) is 6.26 Å². The summed E-state index contributed by atoms with van der Waals surface area (Å²) in [6.07, 6.45) is 2.55. The SMILES string of the molecule is CO/N=C\c1ccc(N2CCN(S(C)(=O)=O)CC2)c([N+](=O)[O-])c1. The molecule has 1 saturated heterocycles. The van der Waals surface area contributed by atoms with Crippen LogP contribution in [0.1, 0.15) is 5.56 Å². The Morgan fingerprint density at radius 3 is 2.48 bits per heavy atom. The Morgan fingerprint density at radius 2 is 1.96 bits per heavy atom. The van der Waals surface area contributed by atoms with Gasteiger partial charge in [-0.1, -0.05) is 11.2 Å². The minimum atomic E-state index is -3.23. The molecule has 0 spiro atoms. The van der Waals surface area contributed by atoms with Crippen LogP contribution < -0.4 is 4.90 Å². The molecule has 0 aromatic heterocycles. The number of hydrogen-bond acceptors (Lipinski definition) is 7. The van der Waals surface area contributed by atoms with Crippen molar-refractivity contribution in [3.05, 3.63) is 33.9 Å². The number of rotatable bonds is 5. The molecular formula is C13H18N4O5S. The Bertz CT molecular complexity index is 711. The minimum absolute atomic E-state index is 0.0436. The summed E-state index contributed by atoms with van der Waals surface area (Å²) in [6.45, 7) is 1.42. The minimum Gasteiger partial charge on any atom is -0.399 e. The van der Waals surface area contributed by atoms with Crippen molar-refractivity contribution in [2.24, 2.45) is 5.16 Å². The van der Waals surface area contributed by atoms with Gasteiger partial charge < -0.3 is 9.74 Å². The predicted molar refractivity (Wildman–Crippen MR) is 86.3 cm³/mol. The molecule has 10 heteroatoms. The Balaban J connectivity index is 2.23. The first-order valence-electron chi connectivity index (χ1n) is 6.88. The third-order valence-electron chi connectivity index (χ3n) is 3.55. The summed E-state index contributed by atoms with van der Waals surface area (Å²) in [5.41, 5.74) is 0.979. The van der Waals surface area contributed by atoms with Crippen LogP contribution >= 0.6 is 0 Å². The van der Waals surface area contributed by atoms with E-state index < -0.39 is 14.9 Å². The lowest BCUT2D eigenvalue weighted by atomic mass is 10.1. The standard InChI is InChI=1S/C13H18N4O5S/c1-22-14-10-11-3-4-12(13(9-11)17(18)19)15-5-7-16(8-6-15)23(2,20)21/h3-4,9-10H,5-8H2,1-2H3/b14-10-. The Hall–Kier alpha value is -2.20. The van der Waals surface area contributed by atoms with Crippen molar-refractivity contribution in [3.8, 4) is 0 Å². The van der Waals surface area contributed by atoms with Crippen molar-refractivity contribution in [1.29, 1.82) is 0 Å². The first-order chi connectivity index (χ1) is 10.8. The van der Waals surface area contributed by atoms with Gasteiger partial charge >= 0.3 is 0 Å². The number of nitro groups is 1. The molecule has 1 aromatic carbocycles. The first-order valence-corrected chi connectivity index (χ1v) is 8.73. The molecule has 0 aliphatic carbocycles. The number of benzene rings is 1. The molecular weight excluding hydrogens is 324 g/mol. The van der Waals surface area contributed by atoms with Gasteiger partial charge in [-0.15, -0.1) is 0 Å². The van der Waals surface area contributed by atoms with Crippen LogP contribution in [0, 0.1) is 10.1 Å². The van der Waals surface area contributed by atoms with Gasteiger partial charge in [0.2, 0.25) is 10.0 Å². The van der Waals surface area contributed by atoms with Gasteiger partial charge in [0.05, 0.1) is 17.4 Å². The van der Waals surface area contributed by atoms with Gasteiger partial charge in [0, 0.05) is 37.8 Å². The maximum atomic E-state index is 11.5. The number of piperazine rings is 1. The van der Waals surface area contributed by atoms with Crippen LogP contribution in [0.3, 0.4) is 0 Å². The van der Waals surface area contributed by atoms with Crippen molar-refractivity contribution in [2.75, 3.05) is 44.4 Å². The fourth-order valence-corrected chi connectivity index (χ4v) is 3.24. The molecule has 0 bridgehead atoms. The third-order valence-corrected chi connectivity index (χ3v) is 4.85. The van der Waals surface area contributed by atoms with Crippen molar-refractivity contribution in [1.82, 2.24) is 4.31 Å². The van der Waals surface area contributed by atoms with Crippen molar-refractivity contribution < 1.29 is 18.2 Å². The van der Waals surface area contributed by atoms with E-state index in [0.29, 0.717) is 37.4 Å². The van der Waals surface area contributed by atoms with E-state index in [4.69, 9.17) is 0 Å². The van der Waals surface area contributed by atoms with E-state index in [1.54, 1.807) is 12.1 Å². The second-order valence-corrected chi connectivity index (χ2v) is 7.05. The number of anilines is 1. The molecule has 2 rings (SSSR count). The highest BCUT2D eigenvalue weighted by molar-refractivity contribution is 7.88. The molecule has 0 N–H and O–H groups in total. The molecule has 23 heavy (non-hydrogen) atoms. The van der Waals surface area contributed by atoms with Gasteiger partial charge in [-0.2, -0.15) is 4.31 Å². The normalized spacial score (nSPS) is 16.7. The molecule has 0 atom stereocenters. The predicted octanol–water partition coefficient (Wildman–Crippen LogP) is 0.657. The number of hydrogen-bond donors (Lipinski definition) is 0. The van der Waals surface area contributed by atoms with Gasteiger partial charge in [0.25, 0.3) is 5.69 Å². The van der Waals surface area contributed by atoms with Crippen LogP contribution in [0.25, 0.3) is 0 Å². The van der Waals surface area contributed by atoms with Gasteiger partial charge in [-0.25, -0.2) is 8.42 Å². The molecule has 9 nitrogen and oxygen atoms in total. The van der Waals surface area contributed by atoms with Gasteiger partial charge in [-0.05, 0) is 6.07 Å². The smallest absolute Gasteiger partial charge is 0.293 e. The van der Waals surface area contributed by atoms with E-state index in [-0.39, 0.29) is 5.69 Å². The number of sulfonamides is 1. The monoisotopic (exact) mass is 342 g/mol. The lowest BCUT2D eigenvalue weighted by molar-refractivity contribution is -0.384. The Kier molecular flexibility index (Phi) is 5.16. The molecule has 0 unspecified atom stereocenters. The number of oxime groups is 1. The largest absolute Gasteiger partial charge is 0.399 e.